The van der Waals surface area contributed by atoms with Crippen LogP contribution in [-0.2, 0) is 9.53 Å². The van der Waals surface area contributed by atoms with E-state index >= 15 is 0 Å². The Balaban J connectivity index is 1.42. The highest BCUT2D eigenvalue weighted by atomic mass is 16.5. The molecular weight excluding hydrogens is 392 g/mol. The van der Waals surface area contributed by atoms with Crippen LogP contribution in [0.4, 0.5) is 0 Å². The fraction of sp³-hybridized carbons (Fsp3) is 0.900. The third kappa shape index (κ3) is 4.34. The van der Waals surface area contributed by atoms with Crippen LogP contribution in [0.25, 0.3) is 0 Å². The van der Waals surface area contributed by atoms with E-state index < -0.39 is 0 Å². The first-order valence-corrected chi connectivity index (χ1v) is 14.1. The van der Waals surface area contributed by atoms with Crippen molar-refractivity contribution in [1.82, 2.24) is 0 Å². The lowest BCUT2D eigenvalue weighted by Gasteiger charge is -2.58. The third-order valence-electron chi connectivity index (χ3n) is 11.2. The number of ether oxygens (including phenoxy) is 1. The molecule has 0 aliphatic heterocycles. The zero-order chi connectivity index (χ0) is 23.1. The number of carbonyl (C=O) groups excluding carboxylic acids is 1. The van der Waals surface area contributed by atoms with Gasteiger partial charge in [0.15, 0.2) is 0 Å². The molecule has 182 valence electrons. The summed E-state index contributed by atoms with van der Waals surface area (Å²) in [6, 6.07) is 0. The fourth-order valence-electron chi connectivity index (χ4n) is 9.18. The largest absolute Gasteiger partial charge is 0.462 e. The van der Waals surface area contributed by atoms with Crippen LogP contribution in [0.5, 0.6) is 0 Å². The summed E-state index contributed by atoms with van der Waals surface area (Å²) in [5.41, 5.74) is 2.55. The summed E-state index contributed by atoms with van der Waals surface area (Å²) in [6.07, 6.45) is 18.7. The van der Waals surface area contributed by atoms with E-state index in [-0.39, 0.29) is 12.1 Å². The van der Waals surface area contributed by atoms with Crippen molar-refractivity contribution >= 4 is 5.97 Å². The topological polar surface area (TPSA) is 26.3 Å². The van der Waals surface area contributed by atoms with Gasteiger partial charge in [0.1, 0.15) is 6.10 Å². The Bertz CT molecular complexity index is 708. The molecule has 0 aromatic heterocycles. The van der Waals surface area contributed by atoms with Crippen LogP contribution < -0.4 is 0 Å². The molecule has 2 nitrogen and oxygen atoms in total. The Morgan fingerprint density at radius 2 is 1.91 bits per heavy atom. The lowest BCUT2D eigenvalue weighted by molar-refractivity contribution is -0.148. The van der Waals surface area contributed by atoms with Gasteiger partial charge in [0.05, 0.1) is 0 Å². The maximum atomic E-state index is 11.5. The van der Waals surface area contributed by atoms with Gasteiger partial charge < -0.3 is 4.74 Å². The highest BCUT2D eigenvalue weighted by molar-refractivity contribution is 5.66. The first-order chi connectivity index (χ1) is 15.2. The minimum Gasteiger partial charge on any atom is -0.462 e. The molecule has 0 radical (unpaired) electrons. The Hall–Kier alpha value is -0.790. The van der Waals surface area contributed by atoms with Crippen LogP contribution in [0, 0.1) is 46.3 Å². The predicted molar refractivity (Wildman–Crippen MR) is 133 cm³/mol. The van der Waals surface area contributed by atoms with Crippen molar-refractivity contribution in [3.63, 3.8) is 0 Å². The molecule has 0 aromatic rings. The van der Waals surface area contributed by atoms with Crippen molar-refractivity contribution in [2.75, 3.05) is 0 Å². The Labute approximate surface area is 198 Å². The number of allylic oxidation sites excluding steroid dienone is 1. The molecule has 2 heteroatoms. The fourth-order valence-corrected chi connectivity index (χ4v) is 9.18. The lowest BCUT2D eigenvalue weighted by atomic mass is 9.47. The quantitative estimate of drug-likeness (QED) is 0.292. The summed E-state index contributed by atoms with van der Waals surface area (Å²) in [6.45, 7) is 14.0. The van der Waals surface area contributed by atoms with Crippen molar-refractivity contribution < 1.29 is 9.53 Å². The molecular formula is C30H50O2. The molecule has 32 heavy (non-hydrogen) atoms. The molecule has 0 amide bonds. The molecule has 0 N–H and O–H groups in total. The average Bonchev–Trinajstić information content (AvgIpc) is 3.07. The number of hydrogen-bond donors (Lipinski definition) is 0. The second kappa shape index (κ2) is 9.46. The van der Waals surface area contributed by atoms with Gasteiger partial charge in [-0.05, 0) is 97.7 Å². The number of carbonyl (C=O) groups is 1. The van der Waals surface area contributed by atoms with E-state index in [2.05, 4.69) is 40.7 Å². The molecule has 3 saturated carbocycles. The number of fused-ring (bicyclic) bond motifs is 5. The van der Waals surface area contributed by atoms with Crippen LogP contribution in [-0.4, -0.2) is 12.1 Å². The molecule has 0 unspecified atom stereocenters. The standard InChI is InChI=1S/C30H50O2/c1-7-22(20(2)3)9-8-10-23-12-14-27-26-13-11-24-19-25(32-21(4)31)15-17-30(24,6)28(26)16-18-29(23,27)5/h11,20,22-23,25-28H,7-10,12-19H2,1-6H3/t22-,23-,25+,26-,27-,28-,29-,30+/m1/s1. The Kier molecular flexibility index (Phi) is 7.19. The summed E-state index contributed by atoms with van der Waals surface area (Å²) in [5, 5.41) is 0. The molecule has 3 fully saturated rings. The van der Waals surface area contributed by atoms with Crippen LogP contribution in [0.15, 0.2) is 11.6 Å². The zero-order valence-corrected chi connectivity index (χ0v) is 21.9. The van der Waals surface area contributed by atoms with Crippen molar-refractivity contribution in [3.05, 3.63) is 11.6 Å². The van der Waals surface area contributed by atoms with Crippen molar-refractivity contribution in [2.45, 2.75) is 125 Å². The molecule has 4 rings (SSSR count). The van der Waals surface area contributed by atoms with Gasteiger partial charge in [-0.1, -0.05) is 65.5 Å². The number of esters is 1. The molecule has 8 atom stereocenters. The summed E-state index contributed by atoms with van der Waals surface area (Å²) in [5.74, 6) is 5.26. The van der Waals surface area contributed by atoms with Gasteiger partial charge >= 0.3 is 5.97 Å². The highest BCUT2D eigenvalue weighted by Gasteiger charge is 2.58. The van der Waals surface area contributed by atoms with Crippen LogP contribution >= 0.6 is 0 Å². The maximum absolute atomic E-state index is 11.5. The van der Waals surface area contributed by atoms with Gasteiger partial charge in [-0.25, -0.2) is 0 Å². The normalized spacial score (nSPS) is 42.0. The van der Waals surface area contributed by atoms with Gasteiger partial charge in [0, 0.05) is 13.3 Å². The summed E-state index contributed by atoms with van der Waals surface area (Å²) < 4.78 is 5.62. The van der Waals surface area contributed by atoms with Gasteiger partial charge in [0.25, 0.3) is 0 Å². The van der Waals surface area contributed by atoms with Gasteiger partial charge in [-0.2, -0.15) is 0 Å². The van der Waals surface area contributed by atoms with Gasteiger partial charge in [-0.3, -0.25) is 4.79 Å². The number of rotatable bonds is 7. The van der Waals surface area contributed by atoms with E-state index in [0.29, 0.717) is 10.8 Å². The molecule has 0 heterocycles. The van der Waals surface area contributed by atoms with E-state index in [1.165, 1.54) is 64.2 Å². The Morgan fingerprint density at radius 1 is 1.12 bits per heavy atom. The molecule has 0 spiro atoms. The smallest absolute Gasteiger partial charge is 0.302 e. The highest BCUT2D eigenvalue weighted by Crippen LogP contribution is 2.66. The second-order valence-corrected chi connectivity index (χ2v) is 12.9. The first kappa shape index (κ1) is 24.3. The van der Waals surface area contributed by atoms with E-state index in [1.54, 1.807) is 12.5 Å². The van der Waals surface area contributed by atoms with Crippen molar-refractivity contribution in [3.8, 4) is 0 Å². The van der Waals surface area contributed by atoms with Gasteiger partial charge in [-0.15, -0.1) is 0 Å². The van der Waals surface area contributed by atoms with Crippen LogP contribution in [0.2, 0.25) is 0 Å². The molecule has 4 aliphatic rings. The maximum Gasteiger partial charge on any atom is 0.302 e. The molecule has 0 saturated heterocycles. The lowest BCUT2D eigenvalue weighted by Crippen LogP contribution is -2.50. The number of hydrogen-bond acceptors (Lipinski definition) is 2. The van der Waals surface area contributed by atoms with E-state index in [4.69, 9.17) is 4.74 Å². The van der Waals surface area contributed by atoms with E-state index in [0.717, 1.165) is 48.3 Å². The molecule has 0 bridgehead atoms. The van der Waals surface area contributed by atoms with E-state index in [9.17, 15) is 4.79 Å². The molecule has 0 aromatic carbocycles. The van der Waals surface area contributed by atoms with Crippen molar-refractivity contribution in [1.29, 1.82) is 0 Å². The van der Waals surface area contributed by atoms with Crippen LogP contribution in [0.3, 0.4) is 0 Å². The van der Waals surface area contributed by atoms with Crippen molar-refractivity contribution in [2.24, 2.45) is 46.3 Å². The first-order valence-electron chi connectivity index (χ1n) is 14.1. The minimum atomic E-state index is -0.114. The second-order valence-electron chi connectivity index (χ2n) is 12.9. The third-order valence-corrected chi connectivity index (χ3v) is 11.2. The average molecular weight is 443 g/mol. The Morgan fingerprint density at radius 3 is 2.59 bits per heavy atom. The zero-order valence-electron chi connectivity index (χ0n) is 21.9. The van der Waals surface area contributed by atoms with E-state index in [1.807, 2.05) is 0 Å². The molecule has 4 aliphatic carbocycles. The minimum absolute atomic E-state index is 0.114. The summed E-state index contributed by atoms with van der Waals surface area (Å²) in [7, 11) is 0. The monoisotopic (exact) mass is 442 g/mol. The summed E-state index contributed by atoms with van der Waals surface area (Å²) >= 11 is 0. The SMILES string of the molecule is CC[C@H](CCC[C@@H]1CC[C@@H]2[C@H]3CC=C4C[C@@H](OC(C)=O)CC[C@]4(C)[C@@H]3CC[C@]12C)C(C)C. The predicted octanol–water partition coefficient (Wildman–Crippen LogP) is 8.35. The van der Waals surface area contributed by atoms with Gasteiger partial charge in [0.2, 0.25) is 0 Å². The van der Waals surface area contributed by atoms with Crippen LogP contribution in [0.1, 0.15) is 119 Å². The summed E-state index contributed by atoms with van der Waals surface area (Å²) in [4.78, 5) is 11.5.